The molecule has 2 aliphatic rings. The van der Waals surface area contributed by atoms with Gasteiger partial charge in [0.1, 0.15) is 5.69 Å². The number of piperidine rings is 1. The van der Waals surface area contributed by atoms with E-state index in [9.17, 15) is 9.59 Å². The molecule has 5 heterocycles. The van der Waals surface area contributed by atoms with Crippen molar-refractivity contribution in [2.24, 2.45) is 7.05 Å². The van der Waals surface area contributed by atoms with Gasteiger partial charge in [-0.15, -0.1) is 0 Å². The molecule has 0 radical (unpaired) electrons. The van der Waals surface area contributed by atoms with Crippen LogP contribution in [-0.2, 0) is 17.3 Å². The fourth-order valence-corrected chi connectivity index (χ4v) is 5.83. The summed E-state index contributed by atoms with van der Waals surface area (Å²) < 4.78 is 1.75. The average molecular weight is 477 g/mol. The summed E-state index contributed by atoms with van der Waals surface area (Å²) in [5.41, 5.74) is 5.65. The number of aromatic amines is 1. The molecule has 1 spiro atoms. The molecule has 0 saturated carbocycles. The van der Waals surface area contributed by atoms with Gasteiger partial charge in [0.25, 0.3) is 5.91 Å². The molecule has 0 bridgehead atoms. The Hall–Kier alpha value is -4.46. The first-order chi connectivity index (χ1) is 17.5. The van der Waals surface area contributed by atoms with Gasteiger partial charge in [0, 0.05) is 53.9 Å². The van der Waals surface area contributed by atoms with Crippen LogP contribution >= 0.6 is 0 Å². The summed E-state index contributed by atoms with van der Waals surface area (Å²) in [6, 6.07) is 17.9. The standard InChI is InChI=1S/C28H24N6O2/c1-33-25-19(16-30-33)13-18(15-29-25)20-6-4-5-17-14-23(31-24(17)20)26(35)34-11-9-28(10-12-34)21-7-2-3-8-22(21)32-27(28)36/h2-8,13-16,31H,9-12H2,1H3,(H,32,36). The lowest BCUT2D eigenvalue weighted by molar-refractivity contribution is -0.122. The summed E-state index contributed by atoms with van der Waals surface area (Å²) in [6.07, 6.45) is 4.88. The van der Waals surface area contributed by atoms with Crippen LogP contribution in [0.3, 0.4) is 0 Å². The lowest BCUT2D eigenvalue weighted by Crippen LogP contribution is -2.48. The first kappa shape index (κ1) is 20.9. The van der Waals surface area contributed by atoms with Crippen molar-refractivity contribution in [3.63, 3.8) is 0 Å². The maximum atomic E-state index is 13.5. The zero-order valence-electron chi connectivity index (χ0n) is 19.8. The maximum Gasteiger partial charge on any atom is 0.270 e. The predicted molar refractivity (Wildman–Crippen MR) is 138 cm³/mol. The second kappa shape index (κ2) is 7.52. The van der Waals surface area contributed by atoms with Crippen LogP contribution in [0.25, 0.3) is 33.1 Å². The second-order valence-electron chi connectivity index (χ2n) is 9.73. The van der Waals surface area contributed by atoms with Gasteiger partial charge in [0.05, 0.1) is 17.1 Å². The molecule has 3 aromatic heterocycles. The summed E-state index contributed by atoms with van der Waals surface area (Å²) in [4.78, 5) is 36.2. The smallest absolute Gasteiger partial charge is 0.270 e. The first-order valence-electron chi connectivity index (χ1n) is 12.1. The van der Waals surface area contributed by atoms with E-state index in [2.05, 4.69) is 26.4 Å². The number of anilines is 1. The van der Waals surface area contributed by atoms with Crippen LogP contribution in [0.2, 0.25) is 0 Å². The zero-order chi connectivity index (χ0) is 24.4. The number of rotatable bonds is 2. The Bertz CT molecular complexity index is 1690. The first-order valence-corrected chi connectivity index (χ1v) is 12.1. The Morgan fingerprint density at radius 3 is 2.69 bits per heavy atom. The van der Waals surface area contributed by atoms with Gasteiger partial charge in [0.2, 0.25) is 5.91 Å². The number of carbonyl (C=O) groups excluding carboxylic acids is 2. The van der Waals surface area contributed by atoms with Crippen molar-refractivity contribution in [1.29, 1.82) is 0 Å². The van der Waals surface area contributed by atoms with Crippen molar-refractivity contribution < 1.29 is 9.59 Å². The number of carbonyl (C=O) groups is 2. The molecule has 7 rings (SSSR count). The summed E-state index contributed by atoms with van der Waals surface area (Å²) in [7, 11) is 1.87. The molecular weight excluding hydrogens is 452 g/mol. The fourth-order valence-electron chi connectivity index (χ4n) is 5.83. The number of H-pyrrole nitrogens is 1. The third-order valence-electron chi connectivity index (χ3n) is 7.80. The normalized spacial score (nSPS) is 16.6. The van der Waals surface area contributed by atoms with E-state index < -0.39 is 5.41 Å². The zero-order valence-corrected chi connectivity index (χ0v) is 19.8. The highest BCUT2D eigenvalue weighted by molar-refractivity contribution is 6.07. The monoisotopic (exact) mass is 476 g/mol. The Morgan fingerprint density at radius 2 is 1.83 bits per heavy atom. The highest BCUT2D eigenvalue weighted by Gasteiger charge is 2.48. The van der Waals surface area contributed by atoms with Crippen LogP contribution in [0.1, 0.15) is 28.9 Å². The summed E-state index contributed by atoms with van der Waals surface area (Å²) in [5.74, 6) is 0.00442. The molecule has 0 atom stereocenters. The number of likely N-dealkylation sites (tertiary alicyclic amines) is 1. The number of benzene rings is 2. The van der Waals surface area contributed by atoms with Gasteiger partial charge in [-0.05, 0) is 36.6 Å². The second-order valence-corrected chi connectivity index (χ2v) is 9.73. The van der Waals surface area contributed by atoms with Gasteiger partial charge in [0.15, 0.2) is 5.65 Å². The Kier molecular flexibility index (Phi) is 4.36. The van der Waals surface area contributed by atoms with Crippen molar-refractivity contribution in [2.75, 3.05) is 18.4 Å². The van der Waals surface area contributed by atoms with Crippen LogP contribution in [0.5, 0.6) is 0 Å². The van der Waals surface area contributed by atoms with E-state index in [4.69, 9.17) is 0 Å². The van der Waals surface area contributed by atoms with Crippen molar-refractivity contribution in [3.05, 3.63) is 78.2 Å². The maximum absolute atomic E-state index is 13.5. The molecule has 8 heteroatoms. The minimum atomic E-state index is -0.543. The average Bonchev–Trinajstić information content (AvgIpc) is 3.58. The highest BCUT2D eigenvalue weighted by Crippen LogP contribution is 2.45. The number of para-hydroxylation sites is 2. The van der Waals surface area contributed by atoms with E-state index in [1.54, 1.807) is 4.68 Å². The van der Waals surface area contributed by atoms with Crippen LogP contribution in [-0.4, -0.2) is 49.6 Å². The summed E-state index contributed by atoms with van der Waals surface area (Å²) >= 11 is 0. The Labute approximate surface area is 206 Å². The Morgan fingerprint density at radius 1 is 1.00 bits per heavy atom. The number of nitrogens with one attached hydrogen (secondary N) is 2. The van der Waals surface area contributed by atoms with Crippen LogP contribution in [0, 0.1) is 0 Å². The molecule has 0 aliphatic carbocycles. The van der Waals surface area contributed by atoms with E-state index in [1.165, 1.54) is 0 Å². The number of hydrogen-bond donors (Lipinski definition) is 2. The molecule has 2 aromatic carbocycles. The van der Waals surface area contributed by atoms with E-state index >= 15 is 0 Å². The lowest BCUT2D eigenvalue weighted by Gasteiger charge is -2.37. The molecular formula is C28H24N6O2. The van der Waals surface area contributed by atoms with Crippen LogP contribution in [0.15, 0.2) is 67.0 Å². The fraction of sp³-hybridized carbons (Fsp3) is 0.214. The minimum Gasteiger partial charge on any atom is -0.350 e. The third-order valence-corrected chi connectivity index (χ3v) is 7.80. The molecule has 5 aromatic rings. The number of nitrogens with zero attached hydrogens (tertiary/aromatic N) is 4. The SMILES string of the molecule is Cn1ncc2cc(-c3cccc4cc(C(=O)N5CCC6(CC5)C(=O)Nc5ccccc56)[nH]c34)cnc21. The molecule has 1 saturated heterocycles. The van der Waals surface area contributed by atoms with E-state index in [-0.39, 0.29) is 11.8 Å². The third kappa shape index (κ3) is 2.94. The van der Waals surface area contributed by atoms with Gasteiger partial charge < -0.3 is 15.2 Å². The van der Waals surface area contributed by atoms with Gasteiger partial charge in [-0.25, -0.2) is 4.98 Å². The van der Waals surface area contributed by atoms with E-state index in [0.29, 0.717) is 31.6 Å². The number of aromatic nitrogens is 4. The molecule has 36 heavy (non-hydrogen) atoms. The minimum absolute atomic E-state index is 0.0421. The Balaban J connectivity index is 1.18. The molecule has 2 N–H and O–H groups in total. The molecule has 178 valence electrons. The summed E-state index contributed by atoms with van der Waals surface area (Å²) in [6.45, 7) is 1.06. The summed E-state index contributed by atoms with van der Waals surface area (Å²) in [5, 5.41) is 9.25. The van der Waals surface area contributed by atoms with E-state index in [0.717, 1.165) is 44.3 Å². The van der Waals surface area contributed by atoms with Gasteiger partial charge in [-0.3, -0.25) is 14.3 Å². The number of pyridine rings is 1. The van der Waals surface area contributed by atoms with Crippen molar-refractivity contribution in [1.82, 2.24) is 24.6 Å². The van der Waals surface area contributed by atoms with Gasteiger partial charge in [-0.1, -0.05) is 36.4 Å². The number of aryl methyl sites for hydroxylation is 1. The van der Waals surface area contributed by atoms with Gasteiger partial charge in [-0.2, -0.15) is 5.10 Å². The predicted octanol–water partition coefficient (Wildman–Crippen LogP) is 4.24. The van der Waals surface area contributed by atoms with Crippen molar-refractivity contribution >= 4 is 39.4 Å². The molecule has 8 nitrogen and oxygen atoms in total. The van der Waals surface area contributed by atoms with Gasteiger partial charge >= 0.3 is 0 Å². The van der Waals surface area contributed by atoms with Crippen molar-refractivity contribution in [2.45, 2.75) is 18.3 Å². The molecule has 0 unspecified atom stereocenters. The number of fused-ring (bicyclic) bond motifs is 4. The lowest BCUT2D eigenvalue weighted by atomic mass is 9.73. The van der Waals surface area contributed by atoms with Crippen LogP contribution < -0.4 is 5.32 Å². The van der Waals surface area contributed by atoms with Crippen molar-refractivity contribution in [3.8, 4) is 11.1 Å². The quantitative estimate of drug-likeness (QED) is 0.398. The molecule has 2 aliphatic heterocycles. The number of hydrogen-bond acceptors (Lipinski definition) is 4. The van der Waals surface area contributed by atoms with E-state index in [1.807, 2.05) is 72.9 Å². The largest absolute Gasteiger partial charge is 0.350 e. The molecule has 2 amide bonds. The topological polar surface area (TPSA) is 95.9 Å². The van der Waals surface area contributed by atoms with Crippen LogP contribution in [0.4, 0.5) is 5.69 Å². The highest BCUT2D eigenvalue weighted by atomic mass is 16.2. The molecule has 1 fully saturated rings. The number of amides is 2.